The van der Waals surface area contributed by atoms with E-state index in [0.29, 0.717) is 37.5 Å². The van der Waals surface area contributed by atoms with Gasteiger partial charge < -0.3 is 14.2 Å². The Morgan fingerprint density at radius 2 is 1.79 bits per heavy atom. The van der Waals surface area contributed by atoms with Crippen LogP contribution in [0.15, 0.2) is 70.0 Å². The molecule has 0 N–H and O–H groups in total. The van der Waals surface area contributed by atoms with Crippen molar-refractivity contribution in [1.82, 2.24) is 9.80 Å². The standard InChI is InChI=1S/C26H21ClN4O6S/c27-20-8-6-17(14-21(20)31(35)36)22-9-7-19(37-22)15-23-25(33)30(26(34)38-23)16-24(32)29-12-10-28(11-13-29)18-4-2-1-3-5-18/h1-9,14-15H,10-13,16H2/b23-15-. The summed E-state index contributed by atoms with van der Waals surface area (Å²) in [6, 6.07) is 17.4. The molecule has 38 heavy (non-hydrogen) atoms. The van der Waals surface area contributed by atoms with Crippen LogP contribution >= 0.6 is 23.4 Å². The van der Waals surface area contributed by atoms with E-state index >= 15 is 0 Å². The summed E-state index contributed by atoms with van der Waals surface area (Å²) in [7, 11) is 0. The summed E-state index contributed by atoms with van der Waals surface area (Å²) in [4.78, 5) is 53.8. The first-order valence-corrected chi connectivity index (χ1v) is 12.9. The topological polar surface area (TPSA) is 117 Å². The minimum Gasteiger partial charge on any atom is -0.457 e. The largest absolute Gasteiger partial charge is 0.457 e. The molecular formula is C26H21ClN4O6S. The lowest BCUT2D eigenvalue weighted by Crippen LogP contribution is -2.51. The van der Waals surface area contributed by atoms with Crippen molar-refractivity contribution in [3.63, 3.8) is 0 Å². The highest BCUT2D eigenvalue weighted by atomic mass is 35.5. The number of nitro groups is 1. The Bertz CT molecular complexity index is 1450. The van der Waals surface area contributed by atoms with Gasteiger partial charge in [-0.1, -0.05) is 29.8 Å². The third-order valence-electron chi connectivity index (χ3n) is 6.25. The predicted octanol–water partition coefficient (Wildman–Crippen LogP) is 4.89. The molecule has 3 heterocycles. The van der Waals surface area contributed by atoms with Gasteiger partial charge in [0.25, 0.3) is 16.8 Å². The number of amides is 3. The molecule has 0 unspecified atom stereocenters. The van der Waals surface area contributed by atoms with E-state index in [9.17, 15) is 24.5 Å². The van der Waals surface area contributed by atoms with Crippen LogP contribution in [0.5, 0.6) is 0 Å². The maximum absolute atomic E-state index is 12.9. The van der Waals surface area contributed by atoms with Crippen LogP contribution in [-0.2, 0) is 9.59 Å². The first-order valence-electron chi connectivity index (χ1n) is 11.7. The minimum atomic E-state index is -0.587. The Morgan fingerprint density at radius 3 is 2.50 bits per heavy atom. The van der Waals surface area contributed by atoms with Gasteiger partial charge in [-0.3, -0.25) is 29.4 Å². The van der Waals surface area contributed by atoms with E-state index < -0.39 is 16.1 Å². The van der Waals surface area contributed by atoms with E-state index in [1.54, 1.807) is 23.1 Å². The minimum absolute atomic E-state index is 0.00632. The molecule has 0 bridgehead atoms. The number of nitro benzene ring substituents is 1. The maximum atomic E-state index is 12.9. The molecule has 2 aromatic carbocycles. The number of anilines is 1. The molecule has 10 nitrogen and oxygen atoms in total. The molecule has 12 heteroatoms. The number of benzene rings is 2. The van der Waals surface area contributed by atoms with Gasteiger partial charge >= 0.3 is 0 Å². The van der Waals surface area contributed by atoms with Crippen LogP contribution in [-0.4, -0.2) is 64.5 Å². The molecule has 2 saturated heterocycles. The molecule has 194 valence electrons. The highest BCUT2D eigenvalue weighted by molar-refractivity contribution is 8.18. The summed E-state index contributed by atoms with van der Waals surface area (Å²) in [5, 5.41) is 10.6. The van der Waals surface area contributed by atoms with Crippen molar-refractivity contribution in [1.29, 1.82) is 0 Å². The van der Waals surface area contributed by atoms with Gasteiger partial charge in [0.2, 0.25) is 5.91 Å². The lowest BCUT2D eigenvalue weighted by molar-refractivity contribution is -0.384. The second-order valence-electron chi connectivity index (χ2n) is 8.60. The molecule has 0 saturated carbocycles. The zero-order valence-corrected chi connectivity index (χ0v) is 21.5. The van der Waals surface area contributed by atoms with E-state index in [4.69, 9.17) is 16.0 Å². The van der Waals surface area contributed by atoms with Crippen LogP contribution in [0, 0.1) is 10.1 Å². The number of hydrogen-bond donors (Lipinski definition) is 0. The molecule has 0 aliphatic carbocycles. The summed E-state index contributed by atoms with van der Waals surface area (Å²) in [6.45, 7) is 1.99. The van der Waals surface area contributed by atoms with Crippen molar-refractivity contribution in [2.45, 2.75) is 0 Å². The van der Waals surface area contributed by atoms with Crippen LogP contribution in [0.25, 0.3) is 17.4 Å². The summed E-state index contributed by atoms with van der Waals surface area (Å²) in [6.07, 6.45) is 1.42. The molecule has 2 aliphatic heterocycles. The molecule has 1 aromatic heterocycles. The quantitative estimate of drug-likeness (QED) is 0.241. The number of para-hydroxylation sites is 1. The predicted molar refractivity (Wildman–Crippen MR) is 144 cm³/mol. The Morgan fingerprint density at radius 1 is 1.05 bits per heavy atom. The zero-order valence-electron chi connectivity index (χ0n) is 19.9. The van der Waals surface area contributed by atoms with Crippen LogP contribution in [0.4, 0.5) is 16.2 Å². The van der Waals surface area contributed by atoms with Gasteiger partial charge in [0.1, 0.15) is 23.1 Å². The number of hydrogen-bond acceptors (Lipinski definition) is 8. The summed E-state index contributed by atoms with van der Waals surface area (Å²) < 4.78 is 5.73. The van der Waals surface area contributed by atoms with Gasteiger partial charge in [0.05, 0.1) is 9.83 Å². The monoisotopic (exact) mass is 552 g/mol. The van der Waals surface area contributed by atoms with Gasteiger partial charge in [0.15, 0.2) is 0 Å². The van der Waals surface area contributed by atoms with Crippen molar-refractivity contribution in [3.05, 3.63) is 86.5 Å². The van der Waals surface area contributed by atoms with Gasteiger partial charge in [-0.2, -0.15) is 0 Å². The van der Waals surface area contributed by atoms with Gasteiger partial charge in [0, 0.05) is 49.6 Å². The molecule has 5 rings (SSSR count). The number of rotatable bonds is 6. The fraction of sp³-hybridized carbons (Fsp3) is 0.192. The van der Waals surface area contributed by atoms with Crippen LogP contribution in [0.3, 0.4) is 0 Å². The van der Waals surface area contributed by atoms with Crippen LogP contribution in [0.1, 0.15) is 5.76 Å². The Labute approximate surface area is 226 Å². The van der Waals surface area contributed by atoms with Crippen LogP contribution in [0.2, 0.25) is 5.02 Å². The third-order valence-corrected chi connectivity index (χ3v) is 7.48. The number of thioether (sulfide) groups is 1. The summed E-state index contributed by atoms with van der Waals surface area (Å²) in [5.41, 5.74) is 1.27. The van der Waals surface area contributed by atoms with Crippen molar-refractivity contribution < 1.29 is 23.7 Å². The lowest BCUT2D eigenvalue weighted by atomic mass is 10.1. The summed E-state index contributed by atoms with van der Waals surface area (Å²) in [5.74, 6) is -0.242. The van der Waals surface area contributed by atoms with Crippen molar-refractivity contribution >= 4 is 57.9 Å². The average Bonchev–Trinajstić information content (AvgIpc) is 3.49. The van der Waals surface area contributed by atoms with E-state index in [1.165, 1.54) is 18.2 Å². The highest BCUT2D eigenvalue weighted by Gasteiger charge is 2.37. The molecule has 0 spiro atoms. The Balaban J connectivity index is 1.22. The molecule has 2 fully saturated rings. The molecular weight excluding hydrogens is 532 g/mol. The second kappa shape index (κ2) is 10.7. The van der Waals surface area contributed by atoms with Gasteiger partial charge in [-0.25, -0.2) is 0 Å². The first kappa shape index (κ1) is 25.6. The highest BCUT2D eigenvalue weighted by Crippen LogP contribution is 2.35. The number of piperazine rings is 1. The molecule has 2 aliphatic rings. The average molecular weight is 553 g/mol. The second-order valence-corrected chi connectivity index (χ2v) is 10.00. The smallest absolute Gasteiger partial charge is 0.294 e. The SMILES string of the molecule is O=C(CN1C(=O)S/C(=C\c2ccc(-c3ccc(Cl)c([N+](=O)[O-])c3)o2)C1=O)N1CCN(c2ccccc2)CC1. The molecule has 3 amide bonds. The third kappa shape index (κ3) is 5.29. The number of halogens is 1. The molecule has 3 aromatic rings. The molecule has 0 atom stereocenters. The Hall–Kier alpha value is -4.09. The summed E-state index contributed by atoms with van der Waals surface area (Å²) >= 11 is 6.60. The van der Waals surface area contributed by atoms with Gasteiger partial charge in [-0.05, 0) is 48.2 Å². The van der Waals surface area contributed by atoms with Crippen molar-refractivity contribution in [3.8, 4) is 11.3 Å². The maximum Gasteiger partial charge on any atom is 0.294 e. The number of furan rings is 1. The van der Waals surface area contributed by atoms with E-state index in [-0.39, 0.29) is 33.8 Å². The lowest BCUT2D eigenvalue weighted by Gasteiger charge is -2.36. The van der Waals surface area contributed by atoms with E-state index in [2.05, 4.69) is 4.90 Å². The van der Waals surface area contributed by atoms with Crippen molar-refractivity contribution in [2.75, 3.05) is 37.6 Å². The van der Waals surface area contributed by atoms with Crippen molar-refractivity contribution in [2.24, 2.45) is 0 Å². The number of carbonyl (C=O) groups is 3. The van der Waals surface area contributed by atoms with E-state index in [0.717, 1.165) is 22.3 Å². The fourth-order valence-corrected chi connectivity index (χ4v) is 5.25. The number of nitrogens with zero attached hydrogens (tertiary/aromatic N) is 4. The molecule has 0 radical (unpaired) electrons. The van der Waals surface area contributed by atoms with Gasteiger partial charge in [-0.15, -0.1) is 0 Å². The van der Waals surface area contributed by atoms with E-state index in [1.807, 2.05) is 30.3 Å². The number of carbonyl (C=O) groups excluding carboxylic acids is 3. The first-order chi connectivity index (χ1) is 18.3. The van der Waals surface area contributed by atoms with Crippen LogP contribution < -0.4 is 4.90 Å². The Kier molecular flexibility index (Phi) is 7.21. The normalized spacial score (nSPS) is 17.0. The fourth-order valence-electron chi connectivity index (χ4n) is 4.25. The zero-order chi connectivity index (χ0) is 26.8. The number of imide groups is 1.